The minimum atomic E-state index is -6.00. The normalized spacial score (nSPS) is 13.6. The molecule has 2 aromatic carbocycles. The molecule has 12 heteroatoms. The number of nitrogens with zero attached hydrogens (tertiary/aromatic N) is 1. The molecule has 0 saturated carbocycles. The van der Waals surface area contributed by atoms with Gasteiger partial charge in [-0.2, -0.15) is 4.72 Å². The summed E-state index contributed by atoms with van der Waals surface area (Å²) in [5.41, 5.74) is 1.77. The van der Waals surface area contributed by atoms with Gasteiger partial charge in [0.2, 0.25) is 15.3 Å². The lowest BCUT2D eigenvalue weighted by molar-refractivity contribution is -0.130. The van der Waals surface area contributed by atoms with Crippen molar-refractivity contribution in [1.29, 1.82) is 0 Å². The van der Waals surface area contributed by atoms with Crippen LogP contribution in [0.2, 0.25) is 0 Å². The number of carbonyl (C=O) groups excluding carboxylic acids is 1. The Balaban J connectivity index is 0.00000104. The van der Waals surface area contributed by atoms with Gasteiger partial charge in [-0.25, -0.2) is 8.42 Å². The fourth-order valence-corrected chi connectivity index (χ4v) is 5.89. The fraction of sp³-hybridized carbons (Fsp3) is 0.409. The number of carbonyl (C=O) groups is 1. The van der Waals surface area contributed by atoms with E-state index in [2.05, 4.69) is 4.72 Å². The van der Waals surface area contributed by atoms with Crippen LogP contribution in [0.25, 0.3) is 0 Å². The Kier molecular flexibility index (Phi) is 11.6. The molecule has 0 aliphatic heterocycles. The molecule has 34 heavy (non-hydrogen) atoms. The first-order valence-corrected chi connectivity index (χ1v) is 14.2. The first-order chi connectivity index (χ1) is 15.7. The highest BCUT2D eigenvalue weighted by atomic mass is 32.2. The lowest BCUT2D eigenvalue weighted by Gasteiger charge is -2.29. The van der Waals surface area contributed by atoms with Crippen LogP contribution in [-0.4, -0.2) is 57.3 Å². The Hall–Kier alpha value is -2.05. The third kappa shape index (κ3) is 9.67. The summed E-state index contributed by atoms with van der Waals surface area (Å²) in [6.07, 6.45) is 3.98. The van der Waals surface area contributed by atoms with Crippen molar-refractivity contribution in [2.75, 3.05) is 25.6 Å². The van der Waals surface area contributed by atoms with Crippen LogP contribution in [0, 0.1) is 6.92 Å². The highest BCUT2D eigenvalue weighted by molar-refractivity contribution is 7.97. The summed E-state index contributed by atoms with van der Waals surface area (Å²) < 4.78 is 68.1. The van der Waals surface area contributed by atoms with Crippen LogP contribution in [0.15, 0.2) is 59.5 Å². The van der Waals surface area contributed by atoms with Crippen molar-refractivity contribution in [2.45, 2.75) is 37.0 Å². The Morgan fingerprint density at radius 1 is 0.971 bits per heavy atom. The number of benzene rings is 2. The number of hydrogen-bond donors (Lipinski definition) is 1. The van der Waals surface area contributed by atoms with Crippen LogP contribution >= 0.6 is 0 Å². The Labute approximate surface area is 202 Å². The van der Waals surface area contributed by atoms with E-state index in [4.69, 9.17) is 0 Å². The van der Waals surface area contributed by atoms with Gasteiger partial charge in [-0.15, -0.1) is 0 Å². The molecule has 0 fully saturated rings. The molecule has 0 aromatic heterocycles. The van der Waals surface area contributed by atoms with Gasteiger partial charge in [0.15, 0.2) is 0 Å². The summed E-state index contributed by atoms with van der Waals surface area (Å²) in [6.45, 7) is 6.98. The molecule has 190 valence electrons. The summed E-state index contributed by atoms with van der Waals surface area (Å²) in [5.74, 6) is -0.0243. The molecule has 1 N–H and O–H groups in total. The van der Waals surface area contributed by atoms with Crippen LogP contribution in [0.4, 0.5) is 17.3 Å². The largest absolute Gasteiger partial charge is 0.673 e. The molecule has 0 aliphatic carbocycles. The van der Waals surface area contributed by atoms with Gasteiger partial charge < -0.3 is 22.2 Å². The molecule has 1 amide bonds. The third-order valence-electron chi connectivity index (χ3n) is 4.90. The van der Waals surface area contributed by atoms with Gasteiger partial charge in [-0.3, -0.25) is 4.79 Å². The zero-order valence-corrected chi connectivity index (χ0v) is 21.5. The van der Waals surface area contributed by atoms with E-state index in [1.54, 1.807) is 29.2 Å². The fourth-order valence-electron chi connectivity index (χ4n) is 3.25. The van der Waals surface area contributed by atoms with E-state index in [1.807, 2.05) is 63.6 Å². The highest BCUT2D eigenvalue weighted by Crippen LogP contribution is 2.27. The molecule has 2 atom stereocenters. The smallest absolute Gasteiger partial charge is 0.418 e. The summed E-state index contributed by atoms with van der Waals surface area (Å²) in [7, 11) is -10.1. The average molecular weight is 522 g/mol. The minimum Gasteiger partial charge on any atom is -0.418 e. The second-order valence-corrected chi connectivity index (χ2v) is 11.6. The number of nitrogens with one attached hydrogen (secondary N) is 1. The van der Waals surface area contributed by atoms with Crippen LogP contribution in [0.1, 0.15) is 31.0 Å². The molecule has 0 radical (unpaired) electrons. The van der Waals surface area contributed by atoms with E-state index >= 15 is 0 Å². The molecule has 2 rings (SSSR count). The molecule has 0 unspecified atom stereocenters. The van der Waals surface area contributed by atoms with E-state index in [0.717, 1.165) is 11.1 Å². The van der Waals surface area contributed by atoms with Gasteiger partial charge in [-0.05, 0) is 49.4 Å². The standard InChI is InChI=1S/C22H31N2O3S2.BF4/c1-6-24(7-2)22(25)21(28(4)5)20(18-11-9-8-10-12-18)23-29(26,27)19-15-13-17(3)14-16-19;2-1(3,4)5/h8-16,20-21,23H,6-7H2,1-5H3;/q+1;-1/t20-,21-;/m1./s1. The molecular weight excluding hydrogens is 491 g/mol. The summed E-state index contributed by atoms with van der Waals surface area (Å²) >= 11 is 0. The van der Waals surface area contributed by atoms with Crippen molar-refractivity contribution in [3.05, 3.63) is 65.7 Å². The van der Waals surface area contributed by atoms with E-state index in [-0.39, 0.29) is 21.7 Å². The van der Waals surface area contributed by atoms with E-state index in [0.29, 0.717) is 13.1 Å². The van der Waals surface area contributed by atoms with Crippen LogP contribution in [-0.2, 0) is 25.7 Å². The van der Waals surface area contributed by atoms with Gasteiger partial charge in [0, 0.05) is 13.1 Å². The summed E-state index contributed by atoms with van der Waals surface area (Å²) in [6, 6.07) is 15.5. The molecule has 5 nitrogen and oxygen atoms in total. The summed E-state index contributed by atoms with van der Waals surface area (Å²) in [5, 5.41) is -0.488. The Bertz CT molecular complexity index is 995. The average Bonchev–Trinajstić information content (AvgIpc) is 2.73. The Morgan fingerprint density at radius 3 is 1.85 bits per heavy atom. The number of sulfonamides is 1. The summed E-state index contributed by atoms with van der Waals surface area (Å²) in [4.78, 5) is 15.3. The maximum Gasteiger partial charge on any atom is 0.673 e. The van der Waals surface area contributed by atoms with Gasteiger partial charge in [-0.1, -0.05) is 48.0 Å². The molecule has 0 bridgehead atoms. The van der Waals surface area contributed by atoms with E-state index in [1.165, 1.54) is 0 Å². The minimum absolute atomic E-state index is 0.0243. The second kappa shape index (κ2) is 13.2. The highest BCUT2D eigenvalue weighted by Gasteiger charge is 2.43. The van der Waals surface area contributed by atoms with Crippen molar-refractivity contribution in [3.8, 4) is 0 Å². The Morgan fingerprint density at radius 2 is 1.44 bits per heavy atom. The lowest BCUT2D eigenvalue weighted by atomic mass is 10.0. The second-order valence-electron chi connectivity index (χ2n) is 7.63. The zero-order valence-electron chi connectivity index (χ0n) is 19.8. The van der Waals surface area contributed by atoms with Crippen LogP contribution in [0.5, 0.6) is 0 Å². The first kappa shape index (κ1) is 30.0. The van der Waals surface area contributed by atoms with Crippen molar-refractivity contribution in [3.63, 3.8) is 0 Å². The van der Waals surface area contributed by atoms with Crippen LogP contribution < -0.4 is 4.72 Å². The van der Waals surface area contributed by atoms with Crippen molar-refractivity contribution in [2.24, 2.45) is 0 Å². The maximum atomic E-state index is 13.3. The monoisotopic (exact) mass is 522 g/mol. The number of hydrogen-bond acceptors (Lipinski definition) is 3. The maximum absolute atomic E-state index is 13.3. The number of rotatable bonds is 9. The van der Waals surface area contributed by atoms with Crippen LogP contribution in [0.3, 0.4) is 0 Å². The predicted molar refractivity (Wildman–Crippen MR) is 132 cm³/mol. The van der Waals surface area contributed by atoms with Crippen molar-refractivity contribution >= 4 is 34.1 Å². The van der Waals surface area contributed by atoms with Gasteiger partial charge in [0.1, 0.15) is 6.04 Å². The topological polar surface area (TPSA) is 66.5 Å². The van der Waals surface area contributed by atoms with E-state index < -0.39 is 28.6 Å². The molecule has 0 spiro atoms. The van der Waals surface area contributed by atoms with Crippen molar-refractivity contribution < 1.29 is 30.5 Å². The quantitative estimate of drug-likeness (QED) is 0.301. The number of aryl methyl sites for hydroxylation is 1. The van der Waals surface area contributed by atoms with Gasteiger partial charge in [0.05, 0.1) is 17.4 Å². The zero-order chi connectivity index (χ0) is 26.1. The number of halogens is 4. The molecule has 2 aromatic rings. The van der Waals surface area contributed by atoms with Gasteiger partial charge >= 0.3 is 7.25 Å². The predicted octanol–water partition coefficient (Wildman–Crippen LogP) is 4.43. The van der Waals surface area contributed by atoms with Crippen molar-refractivity contribution in [1.82, 2.24) is 9.62 Å². The molecular formula is C22H31BF4N2O3S2. The lowest BCUT2D eigenvalue weighted by Crippen LogP contribution is -2.50. The molecule has 0 saturated heterocycles. The van der Waals surface area contributed by atoms with Gasteiger partial charge in [0.25, 0.3) is 5.91 Å². The molecule has 0 aliphatic rings. The number of amides is 1. The first-order valence-electron chi connectivity index (χ1n) is 10.6. The SMILES string of the molecule is CCN(CC)C(=O)[C@@H]([C@H](NS(=O)(=O)c1ccc(C)cc1)c1ccccc1)[S+](C)C.F[B-](F)(F)F. The van der Waals surface area contributed by atoms with E-state index in [9.17, 15) is 30.5 Å². The molecule has 0 heterocycles. The third-order valence-corrected chi connectivity index (χ3v) is 7.85.